The predicted octanol–water partition coefficient (Wildman–Crippen LogP) is -0.226. The Hall–Kier alpha value is -1.95. The molecule has 6 nitrogen and oxygen atoms in total. The Morgan fingerprint density at radius 1 is 1.55 bits per heavy atom. The van der Waals surface area contributed by atoms with Crippen molar-refractivity contribution in [2.45, 2.75) is 24.9 Å². The Kier molecular flexibility index (Phi) is 3.64. The van der Waals surface area contributed by atoms with Gasteiger partial charge in [0.1, 0.15) is 0 Å². The van der Waals surface area contributed by atoms with Crippen LogP contribution in [0.3, 0.4) is 0 Å². The van der Waals surface area contributed by atoms with E-state index >= 15 is 0 Å². The first-order valence-electron chi connectivity index (χ1n) is 6.97. The van der Waals surface area contributed by atoms with E-state index in [1.165, 1.54) is 6.20 Å². The molecule has 1 aromatic heterocycles. The lowest BCUT2D eigenvalue weighted by atomic mass is 10.1. The molecule has 0 bridgehead atoms. The van der Waals surface area contributed by atoms with Gasteiger partial charge < -0.3 is 15.5 Å². The van der Waals surface area contributed by atoms with Gasteiger partial charge in [-0.3, -0.25) is 14.6 Å². The fourth-order valence-corrected chi connectivity index (χ4v) is 3.00. The van der Waals surface area contributed by atoms with Crippen LogP contribution in [0.4, 0.5) is 0 Å². The number of rotatable bonds is 4. The highest BCUT2D eigenvalue weighted by Crippen LogP contribution is 2.25. The Balaban J connectivity index is 1.50. The summed E-state index contributed by atoms with van der Waals surface area (Å²) in [6.45, 7) is 2.03. The molecule has 3 rings (SSSR count). The van der Waals surface area contributed by atoms with E-state index in [9.17, 15) is 9.59 Å². The first-order valence-corrected chi connectivity index (χ1v) is 6.97. The highest BCUT2D eigenvalue weighted by atomic mass is 16.2. The van der Waals surface area contributed by atoms with Gasteiger partial charge in [0.25, 0.3) is 5.91 Å². The molecule has 2 fully saturated rings. The zero-order valence-electron chi connectivity index (χ0n) is 11.2. The molecule has 3 heterocycles. The molecule has 2 amide bonds. The van der Waals surface area contributed by atoms with E-state index in [-0.39, 0.29) is 11.8 Å². The predicted molar refractivity (Wildman–Crippen MR) is 73.1 cm³/mol. The van der Waals surface area contributed by atoms with E-state index in [0.29, 0.717) is 37.2 Å². The Morgan fingerprint density at radius 2 is 2.45 bits per heavy atom. The van der Waals surface area contributed by atoms with Crippen molar-refractivity contribution in [3.05, 3.63) is 30.1 Å². The molecule has 2 N–H and O–H groups in total. The quantitative estimate of drug-likeness (QED) is 0.795. The lowest BCUT2D eigenvalue weighted by molar-refractivity contribution is -0.128. The molecule has 0 aromatic carbocycles. The minimum Gasteiger partial charge on any atom is -0.350 e. The largest absolute Gasteiger partial charge is 0.350 e. The van der Waals surface area contributed by atoms with Gasteiger partial charge in [0.05, 0.1) is 5.56 Å². The summed E-state index contributed by atoms with van der Waals surface area (Å²) in [5, 5.41) is 6.18. The number of nitrogens with zero attached hydrogens (tertiary/aromatic N) is 2. The normalized spacial score (nSPS) is 24.8. The fourth-order valence-electron chi connectivity index (χ4n) is 3.00. The number of hydrogen-bond donors (Lipinski definition) is 2. The number of likely N-dealkylation sites (tertiary alicyclic amines) is 1. The van der Waals surface area contributed by atoms with Crippen LogP contribution < -0.4 is 10.6 Å². The summed E-state index contributed by atoms with van der Waals surface area (Å²) in [6.07, 6.45) is 4.76. The molecular weight excluding hydrogens is 256 g/mol. The standard InChI is InChI=1S/C14H18N4O2/c19-13-8-11-12(3-5-16-11)18(13)7-6-17-14(20)10-2-1-4-15-9-10/h1-2,4,9,11-12,16H,3,5-8H2,(H,17,20)/t11-,12-/m1/s1. The lowest BCUT2D eigenvalue weighted by Crippen LogP contribution is -2.41. The smallest absolute Gasteiger partial charge is 0.252 e. The molecule has 20 heavy (non-hydrogen) atoms. The first kappa shape index (κ1) is 13.1. The van der Waals surface area contributed by atoms with Gasteiger partial charge in [-0.15, -0.1) is 0 Å². The summed E-state index contributed by atoms with van der Waals surface area (Å²) in [5.41, 5.74) is 0.542. The van der Waals surface area contributed by atoms with Crippen molar-refractivity contribution in [1.82, 2.24) is 20.5 Å². The van der Waals surface area contributed by atoms with Gasteiger partial charge in [0.15, 0.2) is 0 Å². The molecule has 2 aliphatic heterocycles. The molecule has 6 heteroatoms. The van der Waals surface area contributed by atoms with Crippen LogP contribution in [0.1, 0.15) is 23.2 Å². The third-order valence-electron chi connectivity index (χ3n) is 3.99. The van der Waals surface area contributed by atoms with Crippen LogP contribution in [-0.2, 0) is 4.79 Å². The van der Waals surface area contributed by atoms with Gasteiger partial charge in [0.2, 0.25) is 5.91 Å². The number of carbonyl (C=O) groups excluding carboxylic acids is 2. The summed E-state index contributed by atoms with van der Waals surface area (Å²) < 4.78 is 0. The summed E-state index contributed by atoms with van der Waals surface area (Å²) >= 11 is 0. The summed E-state index contributed by atoms with van der Waals surface area (Å²) in [5.74, 6) is 0.0358. The second kappa shape index (κ2) is 5.58. The van der Waals surface area contributed by atoms with Crippen LogP contribution in [0.25, 0.3) is 0 Å². The van der Waals surface area contributed by atoms with E-state index in [0.717, 1.165) is 13.0 Å². The summed E-state index contributed by atoms with van der Waals surface area (Å²) in [7, 11) is 0. The number of aromatic nitrogens is 1. The van der Waals surface area contributed by atoms with E-state index < -0.39 is 0 Å². The van der Waals surface area contributed by atoms with Crippen LogP contribution in [0.15, 0.2) is 24.5 Å². The van der Waals surface area contributed by atoms with E-state index in [1.54, 1.807) is 18.3 Å². The second-order valence-corrected chi connectivity index (χ2v) is 5.21. The molecule has 0 saturated carbocycles. The van der Waals surface area contributed by atoms with Gasteiger partial charge in [-0.2, -0.15) is 0 Å². The monoisotopic (exact) mass is 274 g/mol. The molecule has 2 saturated heterocycles. The van der Waals surface area contributed by atoms with Crippen molar-refractivity contribution in [3.8, 4) is 0 Å². The zero-order valence-corrected chi connectivity index (χ0v) is 11.2. The Bertz CT molecular complexity index is 505. The van der Waals surface area contributed by atoms with Crippen molar-refractivity contribution in [1.29, 1.82) is 0 Å². The number of carbonyl (C=O) groups is 2. The van der Waals surface area contributed by atoms with Crippen LogP contribution in [0.5, 0.6) is 0 Å². The SMILES string of the molecule is O=C(NCCN1C(=O)C[C@H]2NCC[C@H]21)c1cccnc1. The van der Waals surface area contributed by atoms with Gasteiger partial charge in [-0.1, -0.05) is 0 Å². The van der Waals surface area contributed by atoms with E-state index in [2.05, 4.69) is 15.6 Å². The van der Waals surface area contributed by atoms with Gasteiger partial charge in [0, 0.05) is 44.0 Å². The zero-order chi connectivity index (χ0) is 13.9. The molecule has 0 radical (unpaired) electrons. The van der Waals surface area contributed by atoms with Gasteiger partial charge in [-0.25, -0.2) is 0 Å². The molecule has 2 aliphatic rings. The average molecular weight is 274 g/mol. The van der Waals surface area contributed by atoms with E-state index in [4.69, 9.17) is 0 Å². The topological polar surface area (TPSA) is 74.3 Å². The summed E-state index contributed by atoms with van der Waals surface area (Å²) in [6, 6.07) is 4.06. The summed E-state index contributed by atoms with van der Waals surface area (Å²) in [4.78, 5) is 29.6. The number of nitrogens with one attached hydrogen (secondary N) is 2. The number of amides is 2. The highest BCUT2D eigenvalue weighted by Gasteiger charge is 2.41. The molecule has 0 aliphatic carbocycles. The minimum atomic E-state index is -0.147. The molecule has 2 atom stereocenters. The molecule has 1 aromatic rings. The third kappa shape index (κ3) is 2.51. The van der Waals surface area contributed by atoms with Crippen molar-refractivity contribution in [2.75, 3.05) is 19.6 Å². The van der Waals surface area contributed by atoms with Crippen molar-refractivity contribution in [2.24, 2.45) is 0 Å². The molecule has 0 unspecified atom stereocenters. The third-order valence-corrected chi connectivity index (χ3v) is 3.99. The maximum absolute atomic E-state index is 11.9. The van der Waals surface area contributed by atoms with E-state index in [1.807, 2.05) is 4.90 Å². The fraction of sp³-hybridized carbons (Fsp3) is 0.500. The maximum atomic E-state index is 11.9. The minimum absolute atomic E-state index is 0.147. The lowest BCUT2D eigenvalue weighted by Gasteiger charge is -2.23. The molecule has 0 spiro atoms. The number of pyridine rings is 1. The second-order valence-electron chi connectivity index (χ2n) is 5.21. The van der Waals surface area contributed by atoms with Crippen molar-refractivity contribution in [3.63, 3.8) is 0 Å². The highest BCUT2D eigenvalue weighted by molar-refractivity contribution is 5.93. The maximum Gasteiger partial charge on any atom is 0.252 e. The first-order chi connectivity index (χ1) is 9.75. The van der Waals surface area contributed by atoms with Gasteiger partial charge >= 0.3 is 0 Å². The van der Waals surface area contributed by atoms with Gasteiger partial charge in [-0.05, 0) is 25.1 Å². The Morgan fingerprint density at radius 3 is 3.25 bits per heavy atom. The van der Waals surface area contributed by atoms with Crippen LogP contribution in [0, 0.1) is 0 Å². The van der Waals surface area contributed by atoms with Crippen LogP contribution >= 0.6 is 0 Å². The number of fused-ring (bicyclic) bond motifs is 1. The molecule has 106 valence electrons. The average Bonchev–Trinajstić information content (AvgIpc) is 3.02. The van der Waals surface area contributed by atoms with Crippen molar-refractivity contribution < 1.29 is 9.59 Å². The number of hydrogen-bond acceptors (Lipinski definition) is 4. The van der Waals surface area contributed by atoms with Crippen molar-refractivity contribution >= 4 is 11.8 Å². The van der Waals surface area contributed by atoms with Crippen LogP contribution in [0.2, 0.25) is 0 Å². The Labute approximate surface area is 117 Å². The molecular formula is C14H18N4O2. The van der Waals surface area contributed by atoms with Crippen LogP contribution in [-0.4, -0.2) is 53.4 Å².